The van der Waals surface area contributed by atoms with Crippen molar-refractivity contribution in [2.45, 2.75) is 117 Å². The molecule has 7 aliphatic rings. The van der Waals surface area contributed by atoms with Gasteiger partial charge in [-0.05, 0) is 140 Å². The second-order valence-corrected chi connectivity index (χ2v) is 22.2. The number of nitrogens with zero attached hydrogens (tertiary/aromatic N) is 3. The molecule has 5 fully saturated rings. The Labute approximate surface area is 329 Å². The highest BCUT2D eigenvalue weighted by molar-refractivity contribution is 7.91. The number of pyridine rings is 1. The molecule has 9 nitrogen and oxygen atoms in total. The van der Waals surface area contributed by atoms with Gasteiger partial charge in [-0.1, -0.05) is 52.3 Å². The van der Waals surface area contributed by atoms with Gasteiger partial charge in [0.05, 0.1) is 11.5 Å². The third-order valence-electron chi connectivity index (χ3n) is 17.2. The van der Waals surface area contributed by atoms with Crippen molar-refractivity contribution in [3.8, 4) is 11.9 Å². The highest BCUT2D eigenvalue weighted by Crippen LogP contribution is 2.72. The molecule has 1 aromatic heterocycles. The maximum atomic E-state index is 12.7. The first kappa shape index (κ1) is 39.1. The van der Waals surface area contributed by atoms with Crippen molar-refractivity contribution < 1.29 is 23.1 Å². The number of ether oxygens (including phenoxy) is 1. The van der Waals surface area contributed by atoms with Crippen LogP contribution in [0.25, 0.3) is 0 Å². The van der Waals surface area contributed by atoms with E-state index in [0.29, 0.717) is 60.6 Å². The van der Waals surface area contributed by atoms with Crippen molar-refractivity contribution in [1.82, 2.24) is 15.2 Å². The van der Waals surface area contributed by atoms with Crippen molar-refractivity contribution in [3.63, 3.8) is 0 Å². The number of sulfone groups is 1. The van der Waals surface area contributed by atoms with Gasteiger partial charge in [-0.25, -0.2) is 13.4 Å². The lowest BCUT2D eigenvalue weighted by Crippen LogP contribution is -2.64. The summed E-state index contributed by atoms with van der Waals surface area (Å²) in [6.45, 7) is 13.6. The first-order chi connectivity index (χ1) is 26.1. The lowest BCUT2D eigenvalue weighted by molar-refractivity contribution is -0.175. The van der Waals surface area contributed by atoms with Crippen LogP contribution in [0.2, 0.25) is 0 Å². The summed E-state index contributed by atoms with van der Waals surface area (Å²) in [7, 11) is -2.85. The van der Waals surface area contributed by atoms with E-state index < -0.39 is 21.2 Å². The molecular weight excluding hydrogens is 709 g/mol. The Morgan fingerprint density at radius 3 is 2.49 bits per heavy atom. The Kier molecular flexibility index (Phi) is 10.1. The zero-order chi connectivity index (χ0) is 38.9. The van der Waals surface area contributed by atoms with Crippen LogP contribution >= 0.6 is 0 Å². The molecule has 55 heavy (non-hydrogen) atoms. The van der Waals surface area contributed by atoms with Crippen LogP contribution < -0.4 is 10.1 Å². The van der Waals surface area contributed by atoms with E-state index in [2.05, 4.69) is 55.0 Å². The van der Waals surface area contributed by atoms with E-state index in [4.69, 9.17) is 4.74 Å². The molecule has 1 aliphatic heterocycles. The van der Waals surface area contributed by atoms with Crippen LogP contribution in [-0.2, 0) is 14.6 Å². The largest absolute Gasteiger partial charge is 0.481 e. The number of aliphatic carboxylic acids is 1. The smallest absolute Gasteiger partial charge is 0.313 e. The zero-order valence-electron chi connectivity index (χ0n) is 33.7. The lowest BCUT2D eigenvalue weighted by atomic mass is 9.37. The zero-order valence-corrected chi connectivity index (χ0v) is 34.6. The summed E-state index contributed by atoms with van der Waals surface area (Å²) in [5.74, 6) is 3.70. The van der Waals surface area contributed by atoms with Gasteiger partial charge < -0.3 is 20.1 Å². The second-order valence-electron chi connectivity index (χ2n) is 19.9. The third kappa shape index (κ3) is 6.70. The molecule has 1 saturated heterocycles. The fraction of sp³-hybridized carbons (Fsp3) is 0.756. The van der Waals surface area contributed by atoms with E-state index in [0.717, 1.165) is 43.7 Å². The summed E-state index contributed by atoms with van der Waals surface area (Å²) < 4.78 is 29.9. The third-order valence-corrected chi connectivity index (χ3v) is 18.8. The van der Waals surface area contributed by atoms with Gasteiger partial charge in [-0.3, -0.25) is 4.79 Å². The quantitative estimate of drug-likeness (QED) is 0.261. The van der Waals surface area contributed by atoms with Crippen LogP contribution in [0.15, 0.2) is 41.5 Å². The monoisotopic (exact) mass is 772 g/mol. The summed E-state index contributed by atoms with van der Waals surface area (Å²) in [6.07, 6.45) is 19.4. The minimum atomic E-state index is -2.85. The van der Waals surface area contributed by atoms with Crippen LogP contribution in [0.5, 0.6) is 5.88 Å². The molecule has 6 aliphatic carbocycles. The number of carbonyl (C=O) groups is 1. The molecule has 300 valence electrons. The Hall–Kier alpha value is -2.74. The van der Waals surface area contributed by atoms with Gasteiger partial charge in [0.15, 0.2) is 9.84 Å². The van der Waals surface area contributed by atoms with Crippen molar-refractivity contribution >= 4 is 15.8 Å². The van der Waals surface area contributed by atoms with Crippen molar-refractivity contribution in [2.75, 3.05) is 44.3 Å². The molecule has 10 heteroatoms. The van der Waals surface area contributed by atoms with Crippen LogP contribution in [0.3, 0.4) is 0 Å². The molecule has 0 bridgehead atoms. The molecule has 0 spiro atoms. The van der Waals surface area contributed by atoms with Gasteiger partial charge in [-0.2, -0.15) is 5.26 Å². The molecule has 8 unspecified atom stereocenters. The molecule has 0 radical (unpaired) electrons. The number of hydrogen-bond acceptors (Lipinski definition) is 8. The van der Waals surface area contributed by atoms with Gasteiger partial charge in [0.25, 0.3) is 0 Å². The first-order valence-corrected chi connectivity index (χ1v) is 23.3. The van der Waals surface area contributed by atoms with E-state index in [1.807, 2.05) is 6.07 Å². The number of nitrogens with one attached hydrogen (secondary N) is 1. The highest BCUT2D eigenvalue weighted by Gasteiger charge is 2.65. The minimum absolute atomic E-state index is 0.00796. The maximum absolute atomic E-state index is 12.7. The summed E-state index contributed by atoms with van der Waals surface area (Å²) >= 11 is 0. The van der Waals surface area contributed by atoms with Crippen molar-refractivity contribution in [3.05, 3.63) is 47.2 Å². The number of allylic oxidation sites excluding steroid dienone is 4. The second kappa shape index (κ2) is 14.3. The SMILES string of the molecule is CC1(C)C(C2=CCC(COc3cccc(C#N)n3)(C(=O)O)CC2)=CCC2(C)C1CCC1(C)C3CCC4(NCCN5CCS(=O)(=O)CC5)CCC[C@@H]4C3CCC12. The molecule has 9 atom stereocenters. The minimum Gasteiger partial charge on any atom is -0.481 e. The summed E-state index contributed by atoms with van der Waals surface area (Å²) in [4.78, 5) is 19.3. The summed E-state index contributed by atoms with van der Waals surface area (Å²) in [5.41, 5.74) is 2.88. The van der Waals surface area contributed by atoms with Crippen molar-refractivity contribution in [2.24, 2.45) is 51.2 Å². The fourth-order valence-electron chi connectivity index (χ4n) is 14.4. The fourth-order valence-corrected chi connectivity index (χ4v) is 15.7. The number of rotatable bonds is 9. The summed E-state index contributed by atoms with van der Waals surface area (Å²) in [5, 5.41) is 23.8. The normalized spacial score (nSPS) is 40.6. The summed E-state index contributed by atoms with van der Waals surface area (Å²) in [6, 6.07) is 7.04. The van der Waals surface area contributed by atoms with Gasteiger partial charge in [0.1, 0.15) is 23.8 Å². The average Bonchev–Trinajstić information content (AvgIpc) is 3.59. The molecule has 2 N–H and O–H groups in total. The van der Waals surface area contributed by atoms with Gasteiger partial charge in [0, 0.05) is 37.8 Å². The van der Waals surface area contributed by atoms with Crippen LogP contribution in [-0.4, -0.2) is 79.2 Å². The molecule has 8 rings (SSSR count). The molecule has 2 heterocycles. The van der Waals surface area contributed by atoms with E-state index in [9.17, 15) is 23.6 Å². The molecule has 0 amide bonds. The Balaban J connectivity index is 0.952. The lowest BCUT2D eigenvalue weighted by Gasteiger charge is -2.68. The van der Waals surface area contributed by atoms with Gasteiger partial charge in [-0.15, -0.1) is 0 Å². The Morgan fingerprint density at radius 1 is 0.964 bits per heavy atom. The number of carboxylic acids is 1. The van der Waals surface area contributed by atoms with Crippen molar-refractivity contribution in [1.29, 1.82) is 5.26 Å². The van der Waals surface area contributed by atoms with E-state index >= 15 is 0 Å². The van der Waals surface area contributed by atoms with E-state index in [-0.39, 0.29) is 28.7 Å². The van der Waals surface area contributed by atoms with E-state index in [1.165, 1.54) is 68.9 Å². The topological polar surface area (TPSA) is 133 Å². The Bertz CT molecular complexity index is 1870. The number of aromatic nitrogens is 1. The number of fused-ring (bicyclic) bond motifs is 7. The Morgan fingerprint density at radius 2 is 1.76 bits per heavy atom. The van der Waals surface area contributed by atoms with E-state index in [1.54, 1.807) is 18.2 Å². The van der Waals surface area contributed by atoms with Crippen LogP contribution in [0.1, 0.15) is 117 Å². The standard InChI is InChI=1S/C45H64N4O5S/c1-41(2)34(31-12-20-44(21-13-31,40(50)51)30-54-39-9-5-7-32(29-46)48-39)14-18-43(4)37(41)16-19-42(3)35-15-22-45(17-6-8-36(45)33(35)10-11-38(42)43)47-23-24-49-25-27-55(52,53)28-26-49/h5,7,9,12,14,33,35-38,47H,6,8,10-11,13,15-28,30H2,1-4H3,(H,50,51)/t33?,35?,36-,37?,38?,42?,43?,44?,45?/m1/s1. The molecule has 4 saturated carbocycles. The number of carboxylic acid groups (broad SMARTS) is 1. The number of nitriles is 1. The molecule has 1 aromatic rings. The predicted octanol–water partition coefficient (Wildman–Crippen LogP) is 7.59. The van der Waals surface area contributed by atoms with Gasteiger partial charge >= 0.3 is 5.97 Å². The first-order valence-electron chi connectivity index (χ1n) is 21.5. The number of hydrogen-bond donors (Lipinski definition) is 2. The highest BCUT2D eigenvalue weighted by atomic mass is 32.2. The van der Waals surface area contributed by atoms with Crippen LogP contribution in [0.4, 0.5) is 0 Å². The van der Waals surface area contributed by atoms with Gasteiger partial charge in [0.2, 0.25) is 5.88 Å². The predicted molar refractivity (Wildman–Crippen MR) is 214 cm³/mol. The molecular formula is C45H64N4O5S. The average molecular weight is 773 g/mol. The van der Waals surface area contributed by atoms with Crippen LogP contribution in [0, 0.1) is 62.6 Å². The maximum Gasteiger partial charge on any atom is 0.313 e. The molecule has 0 aromatic carbocycles.